The van der Waals surface area contributed by atoms with Gasteiger partial charge >= 0.3 is 0 Å². The average molecular weight is 1250 g/mol. The molecule has 0 heterocycles. The molecule has 0 nitrogen and oxygen atoms in total. The summed E-state index contributed by atoms with van der Waals surface area (Å²) in [6.07, 6.45) is 0. The van der Waals surface area contributed by atoms with Gasteiger partial charge in [-0.1, -0.05) is 387 Å². The first-order valence-corrected chi connectivity index (χ1v) is 35.0. The van der Waals surface area contributed by atoms with Crippen LogP contribution in [0.4, 0.5) is 0 Å². The van der Waals surface area contributed by atoms with Crippen LogP contribution in [0.25, 0.3) is 54.9 Å². The maximum Gasteiger partial charge on any atom is 0.0707 e. The van der Waals surface area contributed by atoms with E-state index in [2.05, 4.69) is 393 Å². The van der Waals surface area contributed by atoms with Crippen LogP contribution in [-0.2, 0) is 32.5 Å². The van der Waals surface area contributed by atoms with Crippen LogP contribution in [0.3, 0.4) is 0 Å². The van der Waals surface area contributed by atoms with Crippen LogP contribution in [0.15, 0.2) is 352 Å². The Kier molecular flexibility index (Phi) is 13.4. The predicted octanol–water partition coefficient (Wildman–Crippen LogP) is 24.1. The molecule has 0 fully saturated rings. The standard InChI is InChI=1S/C98H76/c1-93(2)80-55-25-28-58-83(80)96(65-36-13-7-14-37-65,66-38-15-8-16-39-66)86-61-33-52-75(90(86)93)71-48-31-50-73-78(71)64-79-72(76-53-34-62-87-91(76)94(3,4)81-56-26-29-59-84(81)97(87,67-40-17-9-18-41-67)68-42-19-10-20-43-68)49-32-51-74(79)89(73)77-54-35-63-88-92(77)95(5,6)82-57-27-30-60-85(82)98(88,69-44-21-11-22-45-69)70-46-23-12-24-47-70/h7-64H,1-6H3. The molecule has 0 unspecified atom stereocenters. The number of benzene rings is 15. The first-order chi connectivity index (χ1) is 47.9. The van der Waals surface area contributed by atoms with Crippen LogP contribution in [0.1, 0.15) is 142 Å². The monoisotopic (exact) mass is 1250 g/mol. The maximum atomic E-state index is 2.61. The summed E-state index contributed by atoms with van der Waals surface area (Å²) < 4.78 is 0. The topological polar surface area (TPSA) is 0 Å². The molecule has 0 saturated heterocycles. The van der Waals surface area contributed by atoms with Crippen molar-refractivity contribution in [3.05, 3.63) is 452 Å². The lowest BCUT2D eigenvalue weighted by Gasteiger charge is -2.49. The van der Waals surface area contributed by atoms with Gasteiger partial charge < -0.3 is 0 Å². The molecule has 0 atom stereocenters. The fourth-order valence-corrected chi connectivity index (χ4v) is 19.6. The summed E-state index contributed by atoms with van der Waals surface area (Å²) in [7, 11) is 0. The first kappa shape index (κ1) is 59.3. The molecule has 98 heavy (non-hydrogen) atoms. The summed E-state index contributed by atoms with van der Waals surface area (Å²) >= 11 is 0. The van der Waals surface area contributed by atoms with Crippen LogP contribution in [0.5, 0.6) is 0 Å². The van der Waals surface area contributed by atoms with E-state index in [0.717, 1.165) is 0 Å². The molecule has 0 aromatic heterocycles. The normalized spacial score (nSPS) is 15.9. The zero-order valence-corrected chi connectivity index (χ0v) is 56.5. The Bertz CT molecular complexity index is 5250. The van der Waals surface area contributed by atoms with E-state index in [9.17, 15) is 0 Å². The molecule has 18 rings (SSSR count). The molecular weight excluding hydrogens is 1180 g/mol. The highest BCUT2D eigenvalue weighted by atomic mass is 14.6. The highest BCUT2D eigenvalue weighted by molar-refractivity contribution is 6.20. The summed E-state index contributed by atoms with van der Waals surface area (Å²) in [5.74, 6) is 0. The highest BCUT2D eigenvalue weighted by Gasteiger charge is 2.53. The first-order valence-electron chi connectivity index (χ1n) is 35.0. The highest BCUT2D eigenvalue weighted by Crippen LogP contribution is 2.63. The zero-order chi connectivity index (χ0) is 66.2. The van der Waals surface area contributed by atoms with Gasteiger partial charge in [0.15, 0.2) is 0 Å². The van der Waals surface area contributed by atoms with Crippen molar-refractivity contribution < 1.29 is 0 Å². The van der Waals surface area contributed by atoms with Gasteiger partial charge in [0.1, 0.15) is 0 Å². The number of fused-ring (bicyclic) bond motifs is 8. The predicted molar refractivity (Wildman–Crippen MR) is 409 cm³/mol. The largest absolute Gasteiger partial charge is 0.0707 e. The molecule has 0 N–H and O–H groups in total. The van der Waals surface area contributed by atoms with E-state index in [1.165, 1.54) is 155 Å². The Morgan fingerprint density at radius 1 is 0.163 bits per heavy atom. The van der Waals surface area contributed by atoms with Gasteiger partial charge in [-0.15, -0.1) is 0 Å². The van der Waals surface area contributed by atoms with Gasteiger partial charge in [0.05, 0.1) is 16.2 Å². The molecule has 0 spiro atoms. The van der Waals surface area contributed by atoms with Crippen molar-refractivity contribution in [2.75, 3.05) is 0 Å². The van der Waals surface area contributed by atoms with Crippen molar-refractivity contribution in [2.24, 2.45) is 0 Å². The van der Waals surface area contributed by atoms with E-state index < -0.39 is 32.5 Å². The molecular formula is C98H76. The Morgan fingerprint density at radius 2 is 0.378 bits per heavy atom. The van der Waals surface area contributed by atoms with Gasteiger partial charge in [0, 0.05) is 16.2 Å². The number of hydrogen-bond acceptors (Lipinski definition) is 0. The second kappa shape index (κ2) is 22.2. The van der Waals surface area contributed by atoms with Crippen LogP contribution in [0, 0.1) is 0 Å². The van der Waals surface area contributed by atoms with Crippen molar-refractivity contribution in [1.82, 2.24) is 0 Å². The van der Waals surface area contributed by atoms with Crippen LogP contribution < -0.4 is 0 Å². The zero-order valence-electron chi connectivity index (χ0n) is 56.5. The smallest absolute Gasteiger partial charge is 0.0622 e. The molecule has 3 aliphatic carbocycles. The summed E-state index contributed by atoms with van der Waals surface area (Å²) in [5.41, 5.74) is 27.6. The van der Waals surface area contributed by atoms with Gasteiger partial charge in [-0.2, -0.15) is 0 Å². The third-order valence-corrected chi connectivity index (χ3v) is 23.4. The van der Waals surface area contributed by atoms with Crippen molar-refractivity contribution in [2.45, 2.75) is 74.0 Å². The molecule has 15 aromatic rings. The average Bonchev–Trinajstić information content (AvgIpc) is 0.694. The Hall–Kier alpha value is -11.2. The Balaban J connectivity index is 1.00. The van der Waals surface area contributed by atoms with E-state index in [-0.39, 0.29) is 0 Å². The van der Waals surface area contributed by atoms with Gasteiger partial charge in [-0.25, -0.2) is 0 Å². The second-order valence-corrected chi connectivity index (χ2v) is 29.2. The second-order valence-electron chi connectivity index (χ2n) is 29.2. The fourth-order valence-electron chi connectivity index (χ4n) is 19.6. The van der Waals surface area contributed by atoms with E-state index in [1.807, 2.05) is 0 Å². The summed E-state index contributed by atoms with van der Waals surface area (Å²) in [6, 6.07) is 135. The van der Waals surface area contributed by atoms with E-state index in [1.54, 1.807) is 0 Å². The van der Waals surface area contributed by atoms with Crippen LogP contribution in [-0.4, -0.2) is 0 Å². The minimum absolute atomic E-state index is 0.425. The lowest BCUT2D eigenvalue weighted by atomic mass is 9.53. The quantitative estimate of drug-likeness (QED) is 0.126. The SMILES string of the molecule is CC1(C)c2ccccc2C(c2ccccc2)(c2ccccc2)c2cccc(-c3cccc4c(-c5cccc6c5C(C)(C)c5ccccc5C6(c5ccccc5)c5ccccc5)c5cccc(-c6cccc7c6C(C)(C)c6ccccc6C7(c6ccccc6)c6ccccc6)c5cc34)c21. The number of rotatable bonds is 9. The molecule has 3 aliphatic rings. The lowest BCUT2D eigenvalue weighted by molar-refractivity contribution is 0.560. The Labute approximate surface area is 577 Å². The lowest BCUT2D eigenvalue weighted by Crippen LogP contribution is -2.42. The summed E-state index contributed by atoms with van der Waals surface area (Å²) in [6.45, 7) is 14.9. The third-order valence-electron chi connectivity index (χ3n) is 23.4. The molecule has 0 amide bonds. The van der Waals surface area contributed by atoms with Gasteiger partial charge in [0.25, 0.3) is 0 Å². The molecule has 468 valence electrons. The minimum Gasteiger partial charge on any atom is -0.0622 e. The molecule has 0 aliphatic heterocycles. The van der Waals surface area contributed by atoms with Gasteiger partial charge in [-0.3, -0.25) is 0 Å². The van der Waals surface area contributed by atoms with Crippen molar-refractivity contribution in [3.63, 3.8) is 0 Å². The van der Waals surface area contributed by atoms with Crippen LogP contribution >= 0.6 is 0 Å². The molecule has 0 heteroatoms. The summed E-state index contributed by atoms with van der Waals surface area (Å²) in [4.78, 5) is 0. The van der Waals surface area contributed by atoms with Crippen molar-refractivity contribution in [1.29, 1.82) is 0 Å². The van der Waals surface area contributed by atoms with E-state index >= 15 is 0 Å². The fraction of sp³-hybridized carbons (Fsp3) is 0.122. The van der Waals surface area contributed by atoms with Crippen molar-refractivity contribution >= 4 is 21.5 Å². The van der Waals surface area contributed by atoms with Crippen LogP contribution in [0.2, 0.25) is 0 Å². The maximum absolute atomic E-state index is 2.61. The molecule has 0 radical (unpaired) electrons. The minimum atomic E-state index is -0.652. The van der Waals surface area contributed by atoms with Crippen molar-refractivity contribution in [3.8, 4) is 33.4 Å². The third kappa shape index (κ3) is 8.07. The van der Waals surface area contributed by atoms with E-state index in [4.69, 9.17) is 0 Å². The molecule has 0 bridgehead atoms. The number of hydrogen-bond donors (Lipinski definition) is 0. The van der Waals surface area contributed by atoms with E-state index in [0.29, 0.717) is 0 Å². The Morgan fingerprint density at radius 3 is 0.663 bits per heavy atom. The molecule has 15 aromatic carbocycles. The van der Waals surface area contributed by atoms with Gasteiger partial charge in [-0.05, 0) is 161 Å². The molecule has 0 saturated carbocycles. The summed E-state index contributed by atoms with van der Waals surface area (Å²) in [5, 5.41) is 4.88. The van der Waals surface area contributed by atoms with Gasteiger partial charge in [0.2, 0.25) is 0 Å².